The second-order valence-electron chi connectivity index (χ2n) is 5.96. The van der Waals surface area contributed by atoms with Gasteiger partial charge in [0.25, 0.3) is 0 Å². The molecule has 1 N–H and O–H groups in total. The van der Waals surface area contributed by atoms with Crippen molar-refractivity contribution in [1.29, 1.82) is 0 Å². The summed E-state index contributed by atoms with van der Waals surface area (Å²) in [4.78, 5) is 8.98. The fraction of sp³-hybridized carbons (Fsp3) is 0.353. The molecule has 3 aromatic heterocycles. The van der Waals surface area contributed by atoms with Crippen molar-refractivity contribution in [2.75, 3.05) is 13.1 Å². The minimum absolute atomic E-state index is 0.0304. The number of alkyl halides is 1. The average molecular weight is 311 g/mol. The first-order valence-corrected chi connectivity index (χ1v) is 7.90. The van der Waals surface area contributed by atoms with Crippen molar-refractivity contribution >= 4 is 5.52 Å². The second kappa shape index (κ2) is 6.04. The van der Waals surface area contributed by atoms with Gasteiger partial charge in [-0.2, -0.15) is 5.10 Å². The zero-order valence-electron chi connectivity index (χ0n) is 12.7. The molecular weight excluding hydrogens is 293 g/mol. The standard InChI is InChI=1S/C17H18FN5/c18-15-4-5-19-8-12(15)7-13-9-20-11-16(22-13)14-10-21-23-6-2-1-3-17(14)23/h1-3,6,9-12,15,19H,4-5,7-8H2/t12?,15-/m1/s1. The number of aromatic nitrogens is 4. The summed E-state index contributed by atoms with van der Waals surface area (Å²) >= 11 is 0. The second-order valence-corrected chi connectivity index (χ2v) is 5.96. The van der Waals surface area contributed by atoms with Crippen LogP contribution in [0.5, 0.6) is 0 Å². The Balaban J connectivity index is 1.63. The van der Waals surface area contributed by atoms with Crippen LogP contribution in [0.1, 0.15) is 12.1 Å². The number of hydrogen-bond donors (Lipinski definition) is 1. The number of fused-ring (bicyclic) bond motifs is 1. The lowest BCUT2D eigenvalue weighted by molar-refractivity contribution is 0.177. The highest BCUT2D eigenvalue weighted by molar-refractivity contribution is 5.77. The van der Waals surface area contributed by atoms with E-state index in [2.05, 4.69) is 20.4 Å². The number of rotatable bonds is 3. The van der Waals surface area contributed by atoms with Crippen molar-refractivity contribution in [1.82, 2.24) is 24.9 Å². The minimum atomic E-state index is -0.765. The Bertz CT molecular complexity index is 815. The Morgan fingerprint density at radius 1 is 1.26 bits per heavy atom. The number of hydrogen-bond acceptors (Lipinski definition) is 4. The lowest BCUT2D eigenvalue weighted by atomic mass is 9.93. The first kappa shape index (κ1) is 14.3. The summed E-state index contributed by atoms with van der Waals surface area (Å²) in [6, 6.07) is 5.90. The summed E-state index contributed by atoms with van der Waals surface area (Å²) < 4.78 is 15.8. The van der Waals surface area contributed by atoms with Crippen LogP contribution in [0.3, 0.4) is 0 Å². The van der Waals surface area contributed by atoms with Gasteiger partial charge in [-0.25, -0.2) is 13.9 Å². The number of piperidine rings is 1. The van der Waals surface area contributed by atoms with Crippen molar-refractivity contribution < 1.29 is 4.39 Å². The lowest BCUT2D eigenvalue weighted by Crippen LogP contribution is -2.39. The molecule has 2 atom stereocenters. The predicted molar refractivity (Wildman–Crippen MR) is 85.8 cm³/mol. The van der Waals surface area contributed by atoms with E-state index in [-0.39, 0.29) is 5.92 Å². The Morgan fingerprint density at radius 2 is 2.22 bits per heavy atom. The molecule has 0 bridgehead atoms. The van der Waals surface area contributed by atoms with Gasteiger partial charge < -0.3 is 5.32 Å². The summed E-state index contributed by atoms with van der Waals surface area (Å²) in [5.74, 6) is -0.0304. The van der Waals surface area contributed by atoms with Crippen LogP contribution in [0.25, 0.3) is 16.8 Å². The molecule has 5 nitrogen and oxygen atoms in total. The molecule has 0 amide bonds. The molecule has 1 unspecified atom stereocenters. The topological polar surface area (TPSA) is 55.1 Å². The van der Waals surface area contributed by atoms with Gasteiger partial charge in [-0.15, -0.1) is 0 Å². The smallest absolute Gasteiger partial charge is 0.106 e. The van der Waals surface area contributed by atoms with Crippen molar-refractivity contribution in [3.8, 4) is 11.3 Å². The van der Waals surface area contributed by atoms with E-state index in [1.807, 2.05) is 28.9 Å². The third-order valence-electron chi connectivity index (χ3n) is 4.37. The molecule has 1 aliphatic heterocycles. The van der Waals surface area contributed by atoms with Gasteiger partial charge >= 0.3 is 0 Å². The molecular formula is C17H18FN5. The van der Waals surface area contributed by atoms with E-state index in [4.69, 9.17) is 0 Å². The van der Waals surface area contributed by atoms with Gasteiger partial charge in [-0.3, -0.25) is 4.98 Å². The zero-order valence-corrected chi connectivity index (χ0v) is 12.7. The van der Waals surface area contributed by atoms with Gasteiger partial charge in [-0.1, -0.05) is 6.07 Å². The van der Waals surface area contributed by atoms with Gasteiger partial charge in [0.2, 0.25) is 0 Å². The monoisotopic (exact) mass is 311 g/mol. The van der Waals surface area contributed by atoms with Crippen LogP contribution < -0.4 is 5.32 Å². The number of nitrogens with zero attached hydrogens (tertiary/aromatic N) is 4. The van der Waals surface area contributed by atoms with Crippen molar-refractivity contribution in [3.05, 3.63) is 48.7 Å². The molecule has 1 aliphatic rings. The van der Waals surface area contributed by atoms with Gasteiger partial charge in [0.15, 0.2) is 0 Å². The van der Waals surface area contributed by atoms with Gasteiger partial charge in [0.05, 0.1) is 29.3 Å². The molecule has 0 aromatic carbocycles. The summed E-state index contributed by atoms with van der Waals surface area (Å²) in [5.41, 5.74) is 3.54. The van der Waals surface area contributed by atoms with Crippen LogP contribution in [0.15, 0.2) is 43.0 Å². The summed E-state index contributed by atoms with van der Waals surface area (Å²) in [7, 11) is 0. The molecule has 4 rings (SSSR count). The Kier molecular flexibility index (Phi) is 3.75. The van der Waals surface area contributed by atoms with Crippen LogP contribution in [0.4, 0.5) is 4.39 Å². The molecule has 0 spiro atoms. The fourth-order valence-electron chi connectivity index (χ4n) is 3.13. The van der Waals surface area contributed by atoms with Crippen molar-refractivity contribution in [3.63, 3.8) is 0 Å². The van der Waals surface area contributed by atoms with Crippen molar-refractivity contribution in [2.24, 2.45) is 5.92 Å². The Hall–Kier alpha value is -2.34. The fourth-order valence-corrected chi connectivity index (χ4v) is 3.13. The Labute approximate surface area is 133 Å². The maximum atomic E-state index is 14.0. The molecule has 118 valence electrons. The van der Waals surface area contributed by atoms with E-state index >= 15 is 0 Å². The number of pyridine rings is 1. The average Bonchev–Trinajstić information content (AvgIpc) is 3.01. The summed E-state index contributed by atoms with van der Waals surface area (Å²) in [6.07, 6.45) is 7.58. The molecule has 0 aliphatic carbocycles. The molecule has 0 saturated carbocycles. The van der Waals surface area contributed by atoms with Crippen LogP contribution in [0.2, 0.25) is 0 Å². The first-order valence-electron chi connectivity index (χ1n) is 7.90. The third kappa shape index (κ3) is 2.82. The molecule has 3 aromatic rings. The Morgan fingerprint density at radius 3 is 3.13 bits per heavy atom. The highest BCUT2D eigenvalue weighted by Crippen LogP contribution is 2.24. The van der Waals surface area contributed by atoms with Gasteiger partial charge in [0.1, 0.15) is 6.17 Å². The maximum Gasteiger partial charge on any atom is 0.106 e. The highest BCUT2D eigenvalue weighted by Gasteiger charge is 2.25. The molecule has 0 radical (unpaired) electrons. The lowest BCUT2D eigenvalue weighted by Gasteiger charge is -2.26. The van der Waals surface area contributed by atoms with E-state index < -0.39 is 6.17 Å². The van der Waals surface area contributed by atoms with Crippen LogP contribution >= 0.6 is 0 Å². The normalized spacial score (nSPS) is 21.6. The van der Waals surface area contributed by atoms with E-state index in [0.29, 0.717) is 19.4 Å². The number of halogens is 1. The molecule has 6 heteroatoms. The minimum Gasteiger partial charge on any atom is -0.316 e. The van der Waals surface area contributed by atoms with Crippen LogP contribution in [-0.2, 0) is 6.42 Å². The van der Waals surface area contributed by atoms with Gasteiger partial charge in [-0.05, 0) is 31.5 Å². The van der Waals surface area contributed by atoms with Crippen LogP contribution in [-0.4, -0.2) is 38.8 Å². The molecule has 4 heterocycles. The molecule has 1 fully saturated rings. The van der Waals surface area contributed by atoms with E-state index in [9.17, 15) is 4.39 Å². The van der Waals surface area contributed by atoms with E-state index in [1.54, 1.807) is 18.6 Å². The van der Waals surface area contributed by atoms with Crippen LogP contribution in [0, 0.1) is 5.92 Å². The highest BCUT2D eigenvalue weighted by atomic mass is 19.1. The maximum absolute atomic E-state index is 14.0. The predicted octanol–water partition coefficient (Wildman–Crippen LogP) is 2.28. The zero-order chi connectivity index (χ0) is 15.6. The van der Waals surface area contributed by atoms with Gasteiger partial charge in [0, 0.05) is 30.4 Å². The van der Waals surface area contributed by atoms with Crippen molar-refractivity contribution in [2.45, 2.75) is 19.0 Å². The SMILES string of the molecule is F[C@@H]1CCNCC1Cc1cncc(-c2cnn3ccccc23)n1. The first-order chi connectivity index (χ1) is 11.3. The summed E-state index contributed by atoms with van der Waals surface area (Å²) in [5, 5.41) is 7.58. The summed E-state index contributed by atoms with van der Waals surface area (Å²) in [6.45, 7) is 1.45. The largest absolute Gasteiger partial charge is 0.316 e. The number of nitrogens with one attached hydrogen (secondary N) is 1. The van der Waals surface area contributed by atoms with E-state index in [0.717, 1.165) is 29.0 Å². The molecule has 1 saturated heterocycles. The molecule has 23 heavy (non-hydrogen) atoms. The third-order valence-corrected chi connectivity index (χ3v) is 4.37. The quantitative estimate of drug-likeness (QED) is 0.806. The van der Waals surface area contributed by atoms with E-state index in [1.165, 1.54) is 0 Å².